The van der Waals surface area contributed by atoms with Gasteiger partial charge in [0.05, 0.1) is 0 Å². The van der Waals surface area contributed by atoms with Crippen molar-refractivity contribution in [1.29, 1.82) is 0 Å². The van der Waals surface area contributed by atoms with Crippen molar-refractivity contribution in [1.82, 2.24) is 20.4 Å². The van der Waals surface area contributed by atoms with E-state index < -0.39 is 0 Å². The van der Waals surface area contributed by atoms with Crippen LogP contribution in [-0.2, 0) is 0 Å². The molecule has 1 unspecified atom stereocenters. The van der Waals surface area contributed by atoms with Crippen LogP contribution in [0.25, 0.3) is 0 Å². The van der Waals surface area contributed by atoms with E-state index in [9.17, 15) is 0 Å². The van der Waals surface area contributed by atoms with Crippen molar-refractivity contribution in [3.05, 3.63) is 0 Å². The summed E-state index contributed by atoms with van der Waals surface area (Å²) >= 11 is 0. The Kier molecular flexibility index (Phi) is 6.96. The van der Waals surface area contributed by atoms with Crippen LogP contribution in [0.2, 0.25) is 0 Å². The van der Waals surface area contributed by atoms with E-state index in [0.29, 0.717) is 6.04 Å². The highest BCUT2D eigenvalue weighted by molar-refractivity contribution is 4.77. The molecule has 0 bridgehead atoms. The zero-order valence-corrected chi connectivity index (χ0v) is 11.1. The van der Waals surface area contributed by atoms with Gasteiger partial charge in [0.1, 0.15) is 0 Å². The van der Waals surface area contributed by atoms with Gasteiger partial charge in [0.25, 0.3) is 0 Å². The van der Waals surface area contributed by atoms with Crippen molar-refractivity contribution in [3.63, 3.8) is 0 Å². The summed E-state index contributed by atoms with van der Waals surface area (Å²) in [6.07, 6.45) is 2.48. The second-order valence-electron chi connectivity index (χ2n) is 5.11. The van der Waals surface area contributed by atoms with Crippen LogP contribution in [-0.4, -0.2) is 76.3 Å². The summed E-state index contributed by atoms with van der Waals surface area (Å²) in [5.74, 6) is 0. The van der Waals surface area contributed by atoms with Gasteiger partial charge in [-0.05, 0) is 53.6 Å². The Balaban J connectivity index is 1.90. The molecule has 0 aromatic rings. The highest BCUT2D eigenvalue weighted by Gasteiger charge is 2.15. The SMILES string of the molecule is CN(C)CCCNCCC1CN(C)CCN1. The average molecular weight is 228 g/mol. The van der Waals surface area contributed by atoms with Gasteiger partial charge in [-0.3, -0.25) is 0 Å². The van der Waals surface area contributed by atoms with Gasteiger partial charge in [-0.1, -0.05) is 0 Å². The van der Waals surface area contributed by atoms with Gasteiger partial charge in [-0.2, -0.15) is 0 Å². The van der Waals surface area contributed by atoms with Gasteiger partial charge < -0.3 is 20.4 Å². The first-order chi connectivity index (χ1) is 7.68. The molecule has 0 spiro atoms. The molecule has 4 nitrogen and oxygen atoms in total. The molecule has 0 aromatic carbocycles. The van der Waals surface area contributed by atoms with Gasteiger partial charge in [-0.25, -0.2) is 0 Å². The number of hydrogen-bond acceptors (Lipinski definition) is 4. The predicted octanol–water partition coefficient (Wildman–Crippen LogP) is -0.179. The van der Waals surface area contributed by atoms with E-state index >= 15 is 0 Å². The Bertz CT molecular complexity index is 172. The number of nitrogens with zero attached hydrogens (tertiary/aromatic N) is 2. The molecule has 0 saturated carbocycles. The first kappa shape index (κ1) is 13.9. The minimum absolute atomic E-state index is 0.681. The second kappa shape index (κ2) is 8.01. The lowest BCUT2D eigenvalue weighted by Crippen LogP contribution is -2.49. The molecule has 1 aliphatic heterocycles. The molecule has 0 radical (unpaired) electrons. The molecule has 1 fully saturated rings. The number of rotatable bonds is 7. The maximum atomic E-state index is 3.57. The molecule has 1 rings (SSSR count). The van der Waals surface area contributed by atoms with Crippen LogP contribution < -0.4 is 10.6 Å². The zero-order valence-electron chi connectivity index (χ0n) is 11.1. The molecule has 1 saturated heterocycles. The first-order valence-corrected chi connectivity index (χ1v) is 6.46. The molecule has 0 amide bonds. The summed E-state index contributed by atoms with van der Waals surface area (Å²) in [6.45, 7) is 6.98. The van der Waals surface area contributed by atoms with Crippen molar-refractivity contribution in [3.8, 4) is 0 Å². The Morgan fingerprint density at radius 2 is 2.19 bits per heavy atom. The summed E-state index contributed by atoms with van der Waals surface area (Å²) in [4.78, 5) is 4.65. The molecular formula is C12H28N4. The van der Waals surface area contributed by atoms with Gasteiger partial charge in [0.15, 0.2) is 0 Å². The fourth-order valence-corrected chi connectivity index (χ4v) is 2.11. The molecule has 96 valence electrons. The molecular weight excluding hydrogens is 200 g/mol. The molecule has 4 heteroatoms. The molecule has 0 aliphatic carbocycles. The molecule has 0 aromatic heterocycles. The van der Waals surface area contributed by atoms with E-state index in [2.05, 4.69) is 41.6 Å². The standard InChI is InChI=1S/C12H28N4/c1-15(2)9-4-6-13-7-5-12-11-16(3)10-8-14-12/h12-14H,4-11H2,1-3H3. The molecule has 16 heavy (non-hydrogen) atoms. The minimum atomic E-state index is 0.681. The van der Waals surface area contributed by atoms with Gasteiger partial charge in [0.2, 0.25) is 0 Å². The number of nitrogens with one attached hydrogen (secondary N) is 2. The van der Waals surface area contributed by atoms with E-state index in [1.807, 2.05) is 0 Å². The van der Waals surface area contributed by atoms with E-state index in [1.54, 1.807) is 0 Å². The smallest absolute Gasteiger partial charge is 0.0207 e. The van der Waals surface area contributed by atoms with E-state index in [4.69, 9.17) is 0 Å². The average Bonchev–Trinajstić information content (AvgIpc) is 2.23. The van der Waals surface area contributed by atoms with Crippen molar-refractivity contribution < 1.29 is 0 Å². The molecule has 1 aliphatic rings. The van der Waals surface area contributed by atoms with Gasteiger partial charge >= 0.3 is 0 Å². The van der Waals surface area contributed by atoms with Gasteiger partial charge in [-0.15, -0.1) is 0 Å². The highest BCUT2D eigenvalue weighted by Crippen LogP contribution is 1.99. The molecule has 2 N–H and O–H groups in total. The maximum Gasteiger partial charge on any atom is 0.0207 e. The number of piperazine rings is 1. The topological polar surface area (TPSA) is 30.5 Å². The van der Waals surface area contributed by atoms with Crippen LogP contribution in [0.15, 0.2) is 0 Å². The summed E-state index contributed by atoms with van der Waals surface area (Å²) in [7, 11) is 6.46. The third-order valence-electron chi connectivity index (χ3n) is 3.09. The Hall–Kier alpha value is -0.160. The summed E-state index contributed by atoms with van der Waals surface area (Å²) < 4.78 is 0. The maximum absolute atomic E-state index is 3.57. The predicted molar refractivity (Wildman–Crippen MR) is 69.9 cm³/mol. The normalized spacial score (nSPS) is 22.9. The van der Waals surface area contributed by atoms with E-state index in [0.717, 1.165) is 19.6 Å². The summed E-state index contributed by atoms with van der Waals surface area (Å²) in [5.41, 5.74) is 0. The quantitative estimate of drug-likeness (QED) is 0.592. The van der Waals surface area contributed by atoms with Crippen LogP contribution in [0.3, 0.4) is 0 Å². The fourth-order valence-electron chi connectivity index (χ4n) is 2.11. The largest absolute Gasteiger partial charge is 0.317 e. The lowest BCUT2D eigenvalue weighted by atomic mass is 10.1. The second-order valence-corrected chi connectivity index (χ2v) is 5.11. The minimum Gasteiger partial charge on any atom is -0.317 e. The van der Waals surface area contributed by atoms with Crippen molar-refractivity contribution in [2.45, 2.75) is 18.9 Å². The van der Waals surface area contributed by atoms with E-state index in [1.165, 1.54) is 32.5 Å². The zero-order chi connectivity index (χ0) is 11.8. The van der Waals surface area contributed by atoms with Crippen molar-refractivity contribution in [2.24, 2.45) is 0 Å². The lowest BCUT2D eigenvalue weighted by molar-refractivity contribution is 0.231. The Labute approximate surface area is 100 Å². The lowest BCUT2D eigenvalue weighted by Gasteiger charge is -2.31. The number of likely N-dealkylation sites (N-methyl/N-ethyl adjacent to an activating group) is 1. The first-order valence-electron chi connectivity index (χ1n) is 6.46. The Morgan fingerprint density at radius 1 is 1.38 bits per heavy atom. The van der Waals surface area contributed by atoms with Crippen LogP contribution in [0.5, 0.6) is 0 Å². The third kappa shape index (κ3) is 6.43. The summed E-state index contributed by atoms with van der Waals surface area (Å²) in [6, 6.07) is 0.681. The van der Waals surface area contributed by atoms with Gasteiger partial charge in [0, 0.05) is 25.7 Å². The van der Waals surface area contributed by atoms with Crippen LogP contribution >= 0.6 is 0 Å². The fraction of sp³-hybridized carbons (Fsp3) is 1.00. The third-order valence-corrected chi connectivity index (χ3v) is 3.09. The number of hydrogen-bond donors (Lipinski definition) is 2. The highest BCUT2D eigenvalue weighted by atomic mass is 15.2. The van der Waals surface area contributed by atoms with Crippen LogP contribution in [0, 0.1) is 0 Å². The molecule has 1 heterocycles. The van der Waals surface area contributed by atoms with Crippen LogP contribution in [0.1, 0.15) is 12.8 Å². The monoisotopic (exact) mass is 228 g/mol. The van der Waals surface area contributed by atoms with Crippen molar-refractivity contribution >= 4 is 0 Å². The molecule has 1 atom stereocenters. The summed E-state index contributed by atoms with van der Waals surface area (Å²) in [5, 5.41) is 7.09. The van der Waals surface area contributed by atoms with Crippen molar-refractivity contribution in [2.75, 3.05) is 60.4 Å². The van der Waals surface area contributed by atoms with E-state index in [-0.39, 0.29) is 0 Å². The van der Waals surface area contributed by atoms with Crippen LogP contribution in [0.4, 0.5) is 0 Å². The Morgan fingerprint density at radius 3 is 2.88 bits per heavy atom.